The topological polar surface area (TPSA) is 56.9 Å². The van der Waals surface area contributed by atoms with Gasteiger partial charge in [0.25, 0.3) is 0 Å². The fourth-order valence-electron chi connectivity index (χ4n) is 2.98. The van der Waals surface area contributed by atoms with Gasteiger partial charge in [-0.25, -0.2) is 4.99 Å². The third-order valence-electron chi connectivity index (χ3n) is 4.41. The molecule has 26 heavy (non-hydrogen) atoms. The number of nitrogens with zero attached hydrogens (tertiary/aromatic N) is 2. The predicted molar refractivity (Wildman–Crippen MR) is 102 cm³/mol. The summed E-state index contributed by atoms with van der Waals surface area (Å²) in [6, 6.07) is 10.3. The van der Waals surface area contributed by atoms with Gasteiger partial charge in [-0.3, -0.25) is 0 Å². The molecule has 2 heterocycles. The Morgan fingerprint density at radius 2 is 1.85 bits per heavy atom. The minimum atomic E-state index is 0.251. The molecule has 0 unspecified atom stereocenters. The van der Waals surface area contributed by atoms with Crippen LogP contribution in [0.2, 0.25) is 0 Å². The van der Waals surface area contributed by atoms with Crippen LogP contribution in [0.3, 0.4) is 0 Å². The number of benzene rings is 1. The standard InChI is InChI=1S/C21H28N2O3/c1-16-14-20(26-23-16)8-6-4-3-5-7-13-24-19-11-9-18(10-12-19)21-22-17(2)15-25-21/h9-12,14,17H,3-8,13,15H2,1-2H3/t17-/m0/s1. The maximum Gasteiger partial charge on any atom is 0.216 e. The summed E-state index contributed by atoms with van der Waals surface area (Å²) >= 11 is 0. The number of aliphatic imine (C=N–C) groups is 1. The number of unbranched alkanes of at least 4 members (excludes halogenated alkanes) is 4. The lowest BCUT2D eigenvalue weighted by Crippen LogP contribution is -2.02. The second kappa shape index (κ2) is 9.41. The Balaban J connectivity index is 1.25. The summed E-state index contributed by atoms with van der Waals surface area (Å²) in [7, 11) is 0. The molecule has 5 heteroatoms. The molecule has 1 aliphatic rings. The number of hydrogen-bond acceptors (Lipinski definition) is 5. The van der Waals surface area contributed by atoms with Crippen molar-refractivity contribution in [3.05, 3.63) is 47.3 Å². The van der Waals surface area contributed by atoms with Gasteiger partial charge in [0.15, 0.2) is 0 Å². The number of hydrogen-bond donors (Lipinski definition) is 0. The monoisotopic (exact) mass is 356 g/mol. The molecule has 0 bridgehead atoms. The van der Waals surface area contributed by atoms with E-state index in [4.69, 9.17) is 14.0 Å². The second-order valence-electron chi connectivity index (χ2n) is 6.92. The van der Waals surface area contributed by atoms with E-state index in [2.05, 4.69) is 17.1 Å². The van der Waals surface area contributed by atoms with Crippen molar-refractivity contribution in [2.45, 2.75) is 58.4 Å². The van der Waals surface area contributed by atoms with Gasteiger partial charge >= 0.3 is 0 Å². The quantitative estimate of drug-likeness (QED) is 0.578. The van der Waals surface area contributed by atoms with Crippen molar-refractivity contribution in [2.75, 3.05) is 13.2 Å². The summed E-state index contributed by atoms with van der Waals surface area (Å²) in [5.41, 5.74) is 1.98. The molecule has 1 aromatic carbocycles. The van der Waals surface area contributed by atoms with Gasteiger partial charge in [0.1, 0.15) is 18.1 Å². The van der Waals surface area contributed by atoms with Gasteiger partial charge in [0.2, 0.25) is 5.90 Å². The van der Waals surface area contributed by atoms with Crippen LogP contribution >= 0.6 is 0 Å². The van der Waals surface area contributed by atoms with Gasteiger partial charge in [-0.05, 0) is 51.0 Å². The number of aromatic nitrogens is 1. The molecular formula is C21H28N2O3. The fraction of sp³-hybridized carbons (Fsp3) is 0.524. The molecule has 0 N–H and O–H groups in total. The minimum Gasteiger partial charge on any atom is -0.494 e. The average molecular weight is 356 g/mol. The van der Waals surface area contributed by atoms with E-state index in [-0.39, 0.29) is 6.04 Å². The van der Waals surface area contributed by atoms with E-state index >= 15 is 0 Å². The van der Waals surface area contributed by atoms with Gasteiger partial charge in [-0.2, -0.15) is 0 Å². The molecule has 0 spiro atoms. The fourth-order valence-corrected chi connectivity index (χ4v) is 2.98. The SMILES string of the molecule is Cc1cc(CCCCCCCOc2ccc(C3=N[C@@H](C)CO3)cc2)on1. The Morgan fingerprint density at radius 1 is 1.08 bits per heavy atom. The van der Waals surface area contributed by atoms with Crippen molar-refractivity contribution >= 4 is 5.90 Å². The molecule has 0 aliphatic carbocycles. The van der Waals surface area contributed by atoms with Gasteiger partial charge in [-0.1, -0.05) is 24.4 Å². The summed E-state index contributed by atoms with van der Waals surface area (Å²) in [5, 5.41) is 3.91. The first-order chi connectivity index (χ1) is 12.7. The number of aryl methyl sites for hydroxylation is 2. The average Bonchev–Trinajstić information content (AvgIpc) is 3.26. The summed E-state index contributed by atoms with van der Waals surface area (Å²) < 4.78 is 16.6. The van der Waals surface area contributed by atoms with Crippen LogP contribution in [0.25, 0.3) is 0 Å². The lowest BCUT2D eigenvalue weighted by Gasteiger charge is -2.07. The van der Waals surface area contributed by atoms with Crippen LogP contribution in [0.15, 0.2) is 39.8 Å². The molecule has 0 fully saturated rings. The highest BCUT2D eigenvalue weighted by Gasteiger charge is 2.15. The summed E-state index contributed by atoms with van der Waals surface area (Å²) in [6.45, 7) is 5.44. The van der Waals surface area contributed by atoms with E-state index in [0.29, 0.717) is 6.61 Å². The molecular weight excluding hydrogens is 328 g/mol. The first-order valence-electron chi connectivity index (χ1n) is 9.57. The van der Waals surface area contributed by atoms with E-state index < -0.39 is 0 Å². The van der Waals surface area contributed by atoms with Crippen molar-refractivity contribution in [1.82, 2.24) is 5.16 Å². The summed E-state index contributed by atoms with van der Waals surface area (Å²) in [5.74, 6) is 2.64. The summed E-state index contributed by atoms with van der Waals surface area (Å²) in [4.78, 5) is 4.46. The maximum atomic E-state index is 5.82. The van der Waals surface area contributed by atoms with E-state index in [0.717, 1.165) is 54.5 Å². The van der Waals surface area contributed by atoms with E-state index in [1.807, 2.05) is 37.3 Å². The highest BCUT2D eigenvalue weighted by atomic mass is 16.5. The van der Waals surface area contributed by atoms with Crippen LogP contribution in [0.1, 0.15) is 56.0 Å². The highest BCUT2D eigenvalue weighted by molar-refractivity contribution is 5.95. The van der Waals surface area contributed by atoms with Crippen molar-refractivity contribution in [1.29, 1.82) is 0 Å². The molecule has 0 radical (unpaired) electrons. The molecule has 140 valence electrons. The zero-order valence-electron chi connectivity index (χ0n) is 15.7. The normalized spacial score (nSPS) is 16.4. The van der Waals surface area contributed by atoms with E-state index in [9.17, 15) is 0 Å². The Labute approximate surface area is 155 Å². The van der Waals surface area contributed by atoms with Crippen LogP contribution in [-0.4, -0.2) is 30.3 Å². The third kappa shape index (κ3) is 5.61. The molecule has 0 amide bonds. The first-order valence-corrected chi connectivity index (χ1v) is 9.57. The summed E-state index contributed by atoms with van der Waals surface area (Å²) in [6.07, 6.45) is 6.85. The Kier molecular flexibility index (Phi) is 6.69. The molecule has 1 atom stereocenters. The van der Waals surface area contributed by atoms with E-state index in [1.54, 1.807) is 0 Å². The van der Waals surface area contributed by atoms with Gasteiger partial charge in [0, 0.05) is 18.1 Å². The number of rotatable bonds is 10. The Morgan fingerprint density at radius 3 is 2.54 bits per heavy atom. The molecule has 0 saturated heterocycles. The van der Waals surface area contributed by atoms with Crippen molar-refractivity contribution in [3.63, 3.8) is 0 Å². The lowest BCUT2D eigenvalue weighted by molar-refractivity contribution is 0.304. The van der Waals surface area contributed by atoms with Gasteiger partial charge in [-0.15, -0.1) is 0 Å². The van der Waals surface area contributed by atoms with Gasteiger partial charge in [0.05, 0.1) is 18.3 Å². The van der Waals surface area contributed by atoms with Crippen LogP contribution in [0.4, 0.5) is 0 Å². The van der Waals surface area contributed by atoms with Gasteiger partial charge < -0.3 is 14.0 Å². The lowest BCUT2D eigenvalue weighted by atomic mass is 10.1. The zero-order valence-corrected chi connectivity index (χ0v) is 15.7. The van der Waals surface area contributed by atoms with Crippen LogP contribution in [0, 0.1) is 6.92 Å². The van der Waals surface area contributed by atoms with E-state index in [1.165, 1.54) is 19.3 Å². The van der Waals surface area contributed by atoms with Crippen LogP contribution < -0.4 is 4.74 Å². The molecule has 0 saturated carbocycles. The molecule has 2 aromatic rings. The number of ether oxygens (including phenoxy) is 2. The Bertz CT molecular complexity index is 706. The molecule has 1 aromatic heterocycles. The van der Waals surface area contributed by atoms with Crippen LogP contribution in [-0.2, 0) is 11.2 Å². The first kappa shape index (κ1) is 18.5. The predicted octanol–water partition coefficient (Wildman–Crippen LogP) is 4.72. The Hall–Kier alpha value is -2.30. The molecule has 1 aliphatic heterocycles. The van der Waals surface area contributed by atoms with Crippen molar-refractivity contribution in [2.24, 2.45) is 4.99 Å². The molecule has 5 nitrogen and oxygen atoms in total. The van der Waals surface area contributed by atoms with Crippen molar-refractivity contribution < 1.29 is 14.0 Å². The second-order valence-corrected chi connectivity index (χ2v) is 6.92. The maximum absolute atomic E-state index is 5.82. The smallest absolute Gasteiger partial charge is 0.216 e. The largest absolute Gasteiger partial charge is 0.494 e. The highest BCUT2D eigenvalue weighted by Crippen LogP contribution is 2.17. The van der Waals surface area contributed by atoms with Crippen LogP contribution in [0.5, 0.6) is 5.75 Å². The molecule has 3 rings (SSSR count). The van der Waals surface area contributed by atoms with Crippen molar-refractivity contribution in [3.8, 4) is 5.75 Å². The zero-order chi connectivity index (χ0) is 18.2. The third-order valence-corrected chi connectivity index (χ3v) is 4.41. The minimum absolute atomic E-state index is 0.251.